The first-order valence-electron chi connectivity index (χ1n) is 3.78. The van der Waals surface area contributed by atoms with E-state index < -0.39 is 18.0 Å². The molecule has 1 atom stereocenters. The van der Waals surface area contributed by atoms with Crippen molar-refractivity contribution in [3.8, 4) is 0 Å². The Labute approximate surface area is 75.5 Å². The summed E-state index contributed by atoms with van der Waals surface area (Å²) in [4.78, 5) is 20.7. The third-order valence-electron chi connectivity index (χ3n) is 1.03. The molecule has 0 aromatic rings. The fourth-order valence-corrected chi connectivity index (χ4v) is 0.536. The predicted molar refractivity (Wildman–Crippen MR) is 43.1 cm³/mol. The number of hydrogen-bond donors (Lipinski definition) is 3. The Hall–Kier alpha value is -1.14. The van der Waals surface area contributed by atoms with E-state index in [-0.39, 0.29) is 19.7 Å². The zero-order chi connectivity index (χ0) is 10.3. The van der Waals surface area contributed by atoms with Crippen LogP contribution in [0.15, 0.2) is 0 Å². The average molecular weight is 191 g/mol. The van der Waals surface area contributed by atoms with Gasteiger partial charge < -0.3 is 14.9 Å². The number of carbonyl (C=O) groups excluding carboxylic acids is 1. The molecule has 0 saturated carbocycles. The Morgan fingerprint density at radius 2 is 2.08 bits per heavy atom. The Balaban J connectivity index is 3.35. The standard InChI is InChI=1S/C7H13NO5/c1-5(9)4-13-7(12)3-8-2-6(10)11/h5,8-9H,2-4H2,1H3,(H,10,11). The van der Waals surface area contributed by atoms with Crippen LogP contribution in [0.1, 0.15) is 6.92 Å². The fraction of sp³-hybridized carbons (Fsp3) is 0.714. The molecule has 1 unspecified atom stereocenters. The van der Waals surface area contributed by atoms with Crippen LogP contribution in [0.25, 0.3) is 0 Å². The molecule has 0 heterocycles. The Kier molecular flexibility index (Phi) is 5.82. The molecule has 0 bridgehead atoms. The van der Waals surface area contributed by atoms with E-state index in [1.807, 2.05) is 0 Å². The van der Waals surface area contributed by atoms with Crippen LogP contribution in [0.3, 0.4) is 0 Å². The summed E-state index contributed by atoms with van der Waals surface area (Å²) in [6.45, 7) is 0.953. The van der Waals surface area contributed by atoms with Gasteiger partial charge in [0.25, 0.3) is 0 Å². The second kappa shape index (κ2) is 6.38. The van der Waals surface area contributed by atoms with Gasteiger partial charge in [-0.1, -0.05) is 0 Å². The molecule has 3 N–H and O–H groups in total. The number of aliphatic hydroxyl groups excluding tert-OH is 1. The zero-order valence-electron chi connectivity index (χ0n) is 7.32. The number of carboxylic acid groups (broad SMARTS) is 1. The summed E-state index contributed by atoms with van der Waals surface area (Å²) in [6, 6.07) is 0. The van der Waals surface area contributed by atoms with Crippen molar-refractivity contribution < 1.29 is 24.5 Å². The number of carbonyl (C=O) groups is 2. The maximum atomic E-state index is 10.7. The summed E-state index contributed by atoms with van der Waals surface area (Å²) < 4.78 is 4.54. The highest BCUT2D eigenvalue weighted by atomic mass is 16.5. The second-order valence-corrected chi connectivity index (χ2v) is 2.53. The van der Waals surface area contributed by atoms with Crippen molar-refractivity contribution in [2.24, 2.45) is 0 Å². The van der Waals surface area contributed by atoms with Gasteiger partial charge in [-0.2, -0.15) is 0 Å². The predicted octanol–water partition coefficient (Wildman–Crippen LogP) is -1.42. The highest BCUT2D eigenvalue weighted by Crippen LogP contribution is 1.83. The number of hydrogen-bond acceptors (Lipinski definition) is 5. The van der Waals surface area contributed by atoms with Crippen molar-refractivity contribution in [1.82, 2.24) is 5.32 Å². The minimum absolute atomic E-state index is 0.0758. The molecule has 0 fully saturated rings. The molecule has 0 aliphatic rings. The number of aliphatic carboxylic acids is 1. The van der Waals surface area contributed by atoms with Crippen LogP contribution in [-0.2, 0) is 14.3 Å². The lowest BCUT2D eigenvalue weighted by Crippen LogP contribution is -2.30. The van der Waals surface area contributed by atoms with Crippen LogP contribution < -0.4 is 5.32 Å². The average Bonchev–Trinajstić information content (AvgIpc) is 2.00. The van der Waals surface area contributed by atoms with Crippen molar-refractivity contribution in [2.75, 3.05) is 19.7 Å². The molecule has 0 saturated heterocycles. The van der Waals surface area contributed by atoms with E-state index in [0.29, 0.717) is 0 Å². The summed E-state index contributed by atoms with van der Waals surface area (Å²) in [7, 11) is 0. The number of esters is 1. The summed E-state index contributed by atoms with van der Waals surface area (Å²) >= 11 is 0. The molecule has 6 nitrogen and oxygen atoms in total. The number of rotatable bonds is 6. The second-order valence-electron chi connectivity index (χ2n) is 2.53. The fourth-order valence-electron chi connectivity index (χ4n) is 0.536. The summed E-state index contributed by atoms with van der Waals surface area (Å²) in [5, 5.41) is 19.3. The third kappa shape index (κ3) is 8.77. The number of aliphatic hydroxyl groups is 1. The highest BCUT2D eigenvalue weighted by Gasteiger charge is 2.05. The lowest BCUT2D eigenvalue weighted by atomic mass is 10.4. The maximum absolute atomic E-state index is 10.7. The lowest BCUT2D eigenvalue weighted by molar-refractivity contribution is -0.145. The topological polar surface area (TPSA) is 95.9 Å². The first-order valence-corrected chi connectivity index (χ1v) is 3.78. The van der Waals surface area contributed by atoms with E-state index >= 15 is 0 Å². The van der Waals surface area contributed by atoms with Gasteiger partial charge in [0.05, 0.1) is 19.2 Å². The molecule has 6 heteroatoms. The number of carboxylic acids is 1. The SMILES string of the molecule is CC(O)COC(=O)CNCC(=O)O. The van der Waals surface area contributed by atoms with Crippen LogP contribution in [0.5, 0.6) is 0 Å². The van der Waals surface area contributed by atoms with Gasteiger partial charge in [0.15, 0.2) is 0 Å². The van der Waals surface area contributed by atoms with Crippen molar-refractivity contribution in [2.45, 2.75) is 13.0 Å². The van der Waals surface area contributed by atoms with Gasteiger partial charge in [-0.25, -0.2) is 0 Å². The Morgan fingerprint density at radius 3 is 2.54 bits per heavy atom. The summed E-state index contributed by atoms with van der Waals surface area (Å²) in [6.07, 6.45) is -0.705. The summed E-state index contributed by atoms with van der Waals surface area (Å²) in [5.74, 6) is -1.62. The molecule has 13 heavy (non-hydrogen) atoms. The third-order valence-corrected chi connectivity index (χ3v) is 1.03. The van der Waals surface area contributed by atoms with Gasteiger partial charge in [-0.05, 0) is 6.92 Å². The van der Waals surface area contributed by atoms with Crippen molar-refractivity contribution in [3.05, 3.63) is 0 Å². The number of nitrogens with one attached hydrogen (secondary N) is 1. The molecule has 0 radical (unpaired) electrons. The van der Waals surface area contributed by atoms with Gasteiger partial charge >= 0.3 is 11.9 Å². The van der Waals surface area contributed by atoms with Crippen molar-refractivity contribution in [1.29, 1.82) is 0 Å². The van der Waals surface area contributed by atoms with E-state index in [4.69, 9.17) is 10.2 Å². The Morgan fingerprint density at radius 1 is 1.46 bits per heavy atom. The monoisotopic (exact) mass is 191 g/mol. The van der Waals surface area contributed by atoms with Gasteiger partial charge in [0.2, 0.25) is 0 Å². The van der Waals surface area contributed by atoms with Gasteiger partial charge in [0.1, 0.15) is 6.61 Å². The van der Waals surface area contributed by atoms with E-state index in [0.717, 1.165) is 0 Å². The van der Waals surface area contributed by atoms with E-state index in [1.54, 1.807) is 0 Å². The van der Waals surface area contributed by atoms with Crippen LogP contribution in [-0.4, -0.2) is 48.0 Å². The first-order chi connectivity index (χ1) is 6.02. The quantitative estimate of drug-likeness (QED) is 0.446. The van der Waals surface area contributed by atoms with E-state index in [1.165, 1.54) is 6.92 Å². The van der Waals surface area contributed by atoms with Crippen LogP contribution in [0, 0.1) is 0 Å². The molecule has 0 spiro atoms. The van der Waals surface area contributed by atoms with Crippen LogP contribution in [0.4, 0.5) is 0 Å². The summed E-state index contributed by atoms with van der Waals surface area (Å²) in [5.41, 5.74) is 0. The maximum Gasteiger partial charge on any atom is 0.320 e. The number of ether oxygens (including phenoxy) is 1. The molecule has 0 amide bonds. The van der Waals surface area contributed by atoms with Gasteiger partial charge in [-0.3, -0.25) is 14.9 Å². The molecule has 0 aromatic carbocycles. The first kappa shape index (κ1) is 11.9. The van der Waals surface area contributed by atoms with Gasteiger partial charge in [0, 0.05) is 0 Å². The molecule has 0 rings (SSSR count). The minimum atomic E-state index is -1.04. The molecule has 0 aromatic heterocycles. The molecular weight excluding hydrogens is 178 g/mol. The van der Waals surface area contributed by atoms with E-state index in [9.17, 15) is 9.59 Å². The van der Waals surface area contributed by atoms with E-state index in [2.05, 4.69) is 10.1 Å². The van der Waals surface area contributed by atoms with Crippen LogP contribution >= 0.6 is 0 Å². The molecule has 76 valence electrons. The molecular formula is C7H13NO5. The smallest absolute Gasteiger partial charge is 0.320 e. The Bertz CT molecular complexity index is 180. The molecule has 0 aliphatic carbocycles. The van der Waals surface area contributed by atoms with Crippen LogP contribution in [0.2, 0.25) is 0 Å². The normalized spacial score (nSPS) is 12.2. The van der Waals surface area contributed by atoms with Crippen molar-refractivity contribution >= 4 is 11.9 Å². The molecule has 0 aliphatic heterocycles. The lowest BCUT2D eigenvalue weighted by Gasteiger charge is -2.06. The highest BCUT2D eigenvalue weighted by molar-refractivity contribution is 5.73. The largest absolute Gasteiger partial charge is 0.480 e. The van der Waals surface area contributed by atoms with Crippen molar-refractivity contribution in [3.63, 3.8) is 0 Å². The van der Waals surface area contributed by atoms with Gasteiger partial charge in [-0.15, -0.1) is 0 Å². The zero-order valence-corrected chi connectivity index (χ0v) is 7.32. The minimum Gasteiger partial charge on any atom is -0.480 e.